The molecule has 0 unspecified atom stereocenters. The van der Waals surface area contributed by atoms with Crippen LogP contribution in [0.4, 0.5) is 0 Å². The first-order chi connectivity index (χ1) is 4.39. The van der Waals surface area contributed by atoms with Gasteiger partial charge in [0.15, 0.2) is 0 Å². The smallest absolute Gasteiger partial charge is 0.00205 e. The summed E-state index contributed by atoms with van der Waals surface area (Å²) < 4.78 is 0. The lowest BCUT2D eigenvalue weighted by Crippen LogP contribution is -1.84. The summed E-state index contributed by atoms with van der Waals surface area (Å²) in [7, 11) is 0. The van der Waals surface area contributed by atoms with Crippen LogP contribution in [0.3, 0.4) is 0 Å². The SMILES string of the molecule is CC1=CCCCS1.CS. The van der Waals surface area contributed by atoms with E-state index in [0.717, 1.165) is 0 Å². The van der Waals surface area contributed by atoms with Crippen LogP contribution < -0.4 is 0 Å². The predicted molar refractivity (Wildman–Crippen MR) is 50.4 cm³/mol. The fraction of sp³-hybridized carbons (Fsp3) is 0.714. The summed E-state index contributed by atoms with van der Waals surface area (Å²) in [6.07, 6.45) is 6.69. The van der Waals surface area contributed by atoms with Gasteiger partial charge in [-0.1, -0.05) is 6.08 Å². The highest BCUT2D eigenvalue weighted by molar-refractivity contribution is 8.03. The Morgan fingerprint density at radius 1 is 1.56 bits per heavy atom. The Bertz CT molecular complexity index is 86.9. The maximum absolute atomic E-state index is 3.53. The lowest BCUT2D eigenvalue weighted by Gasteiger charge is -2.05. The number of hydrogen-bond donors (Lipinski definition) is 1. The molecule has 9 heavy (non-hydrogen) atoms. The van der Waals surface area contributed by atoms with Crippen molar-refractivity contribution in [1.29, 1.82) is 0 Å². The highest BCUT2D eigenvalue weighted by atomic mass is 32.2. The van der Waals surface area contributed by atoms with Crippen LogP contribution in [0.5, 0.6) is 0 Å². The van der Waals surface area contributed by atoms with Gasteiger partial charge in [-0.25, -0.2) is 0 Å². The summed E-state index contributed by atoms with van der Waals surface area (Å²) in [5.41, 5.74) is 0. The quantitative estimate of drug-likeness (QED) is 0.534. The first-order valence-corrected chi connectivity index (χ1v) is 5.02. The van der Waals surface area contributed by atoms with Gasteiger partial charge in [-0.3, -0.25) is 0 Å². The van der Waals surface area contributed by atoms with Crippen LogP contribution >= 0.6 is 24.4 Å². The standard InChI is InChI=1S/C6H10S.CH4S/c1-6-4-2-3-5-7-6;1-2/h4H,2-3,5H2,1H3;2H,1H3. The molecule has 1 rings (SSSR count). The second-order valence-corrected chi connectivity index (χ2v) is 3.15. The topological polar surface area (TPSA) is 0 Å². The first kappa shape index (κ1) is 9.44. The zero-order valence-corrected chi connectivity index (χ0v) is 7.77. The van der Waals surface area contributed by atoms with Crippen LogP contribution in [0.1, 0.15) is 19.8 Å². The zero-order valence-electron chi connectivity index (χ0n) is 6.05. The highest BCUT2D eigenvalue weighted by Crippen LogP contribution is 2.21. The number of rotatable bonds is 0. The molecular weight excluding hydrogens is 148 g/mol. The van der Waals surface area contributed by atoms with Crippen molar-refractivity contribution in [1.82, 2.24) is 0 Å². The number of thioether (sulfide) groups is 1. The van der Waals surface area contributed by atoms with Crippen LogP contribution in [-0.4, -0.2) is 12.0 Å². The Kier molecular flexibility index (Phi) is 6.88. The first-order valence-electron chi connectivity index (χ1n) is 3.14. The fourth-order valence-corrected chi connectivity index (χ4v) is 1.55. The Balaban J connectivity index is 0.000000291. The van der Waals surface area contributed by atoms with Crippen molar-refractivity contribution in [3.8, 4) is 0 Å². The van der Waals surface area contributed by atoms with Crippen LogP contribution in [0.15, 0.2) is 11.0 Å². The molecule has 0 fully saturated rings. The van der Waals surface area contributed by atoms with Crippen LogP contribution in [0, 0.1) is 0 Å². The molecule has 0 aromatic heterocycles. The Morgan fingerprint density at radius 3 is 2.44 bits per heavy atom. The molecule has 54 valence electrons. The highest BCUT2D eigenvalue weighted by Gasteiger charge is 1.95. The molecule has 0 spiro atoms. The summed E-state index contributed by atoms with van der Waals surface area (Å²) in [5, 5.41) is 0. The van der Waals surface area contributed by atoms with Gasteiger partial charge in [-0.15, -0.1) is 11.8 Å². The molecule has 0 N–H and O–H groups in total. The van der Waals surface area contributed by atoms with Crippen molar-refractivity contribution in [2.75, 3.05) is 12.0 Å². The maximum atomic E-state index is 3.53. The van der Waals surface area contributed by atoms with E-state index >= 15 is 0 Å². The summed E-state index contributed by atoms with van der Waals surface area (Å²) in [6.45, 7) is 2.18. The fourth-order valence-electron chi connectivity index (χ4n) is 0.681. The molecule has 0 amide bonds. The van der Waals surface area contributed by atoms with Crippen molar-refractivity contribution in [2.45, 2.75) is 19.8 Å². The molecule has 2 heteroatoms. The van der Waals surface area contributed by atoms with E-state index in [4.69, 9.17) is 0 Å². The molecule has 0 aromatic rings. The van der Waals surface area contributed by atoms with Crippen LogP contribution in [0.2, 0.25) is 0 Å². The Morgan fingerprint density at radius 2 is 2.22 bits per heavy atom. The van der Waals surface area contributed by atoms with Crippen molar-refractivity contribution < 1.29 is 0 Å². The third-order valence-electron chi connectivity index (χ3n) is 1.11. The maximum Gasteiger partial charge on any atom is -0.00205 e. The van der Waals surface area contributed by atoms with Crippen molar-refractivity contribution in [3.63, 3.8) is 0 Å². The van der Waals surface area contributed by atoms with E-state index in [1.54, 1.807) is 6.26 Å². The van der Waals surface area contributed by atoms with Gasteiger partial charge in [-0.2, -0.15) is 12.6 Å². The monoisotopic (exact) mass is 162 g/mol. The van der Waals surface area contributed by atoms with Crippen molar-refractivity contribution in [3.05, 3.63) is 11.0 Å². The Labute approximate surface area is 67.5 Å². The minimum atomic E-state index is 1.30. The van der Waals surface area contributed by atoms with Crippen LogP contribution in [0.25, 0.3) is 0 Å². The molecule has 0 aliphatic carbocycles. The van der Waals surface area contributed by atoms with E-state index < -0.39 is 0 Å². The second-order valence-electron chi connectivity index (χ2n) is 1.81. The molecule has 0 nitrogen and oxygen atoms in total. The Hall–Kier alpha value is 0.440. The average molecular weight is 162 g/mol. The summed E-state index contributed by atoms with van der Waals surface area (Å²) >= 11 is 5.51. The molecule has 0 radical (unpaired) electrons. The van der Waals surface area contributed by atoms with E-state index in [0.29, 0.717) is 0 Å². The van der Waals surface area contributed by atoms with E-state index in [-0.39, 0.29) is 0 Å². The molecule has 0 bridgehead atoms. The summed E-state index contributed by atoms with van der Waals surface area (Å²) in [6, 6.07) is 0. The molecule has 1 heterocycles. The van der Waals surface area contributed by atoms with Gasteiger partial charge in [-0.05, 0) is 36.7 Å². The van der Waals surface area contributed by atoms with E-state index in [1.165, 1.54) is 23.5 Å². The van der Waals surface area contributed by atoms with E-state index in [2.05, 4.69) is 25.6 Å². The normalized spacial score (nSPS) is 17.4. The largest absolute Gasteiger partial charge is 0.183 e. The lowest BCUT2D eigenvalue weighted by atomic mass is 10.3. The number of hydrogen-bond acceptors (Lipinski definition) is 2. The van der Waals surface area contributed by atoms with Gasteiger partial charge in [0.2, 0.25) is 0 Å². The number of thiol groups is 1. The average Bonchev–Trinajstić information content (AvgIpc) is 1.94. The van der Waals surface area contributed by atoms with E-state index in [9.17, 15) is 0 Å². The van der Waals surface area contributed by atoms with E-state index in [1.807, 2.05) is 11.8 Å². The molecule has 0 saturated heterocycles. The van der Waals surface area contributed by atoms with Crippen LogP contribution in [-0.2, 0) is 0 Å². The minimum absolute atomic E-state index is 1.30. The van der Waals surface area contributed by atoms with Gasteiger partial charge in [0.25, 0.3) is 0 Å². The third-order valence-corrected chi connectivity index (χ3v) is 2.22. The summed E-state index contributed by atoms with van der Waals surface area (Å²) in [5.74, 6) is 1.34. The molecule has 1 aliphatic heterocycles. The molecule has 1 aliphatic rings. The second kappa shape index (κ2) is 6.56. The molecule has 0 atom stereocenters. The minimum Gasteiger partial charge on any atom is -0.183 e. The number of allylic oxidation sites excluding steroid dienone is 2. The molecule has 0 aromatic carbocycles. The van der Waals surface area contributed by atoms with Gasteiger partial charge < -0.3 is 0 Å². The third kappa shape index (κ3) is 4.91. The predicted octanol–water partition coefficient (Wildman–Crippen LogP) is 2.96. The van der Waals surface area contributed by atoms with Gasteiger partial charge in [0.05, 0.1) is 0 Å². The zero-order chi connectivity index (χ0) is 7.11. The molecule has 0 saturated carbocycles. The summed E-state index contributed by atoms with van der Waals surface area (Å²) in [4.78, 5) is 1.51. The van der Waals surface area contributed by atoms with Gasteiger partial charge in [0.1, 0.15) is 0 Å². The van der Waals surface area contributed by atoms with Crippen molar-refractivity contribution >= 4 is 24.4 Å². The molecular formula is C7H14S2. The van der Waals surface area contributed by atoms with Crippen molar-refractivity contribution in [2.24, 2.45) is 0 Å². The van der Waals surface area contributed by atoms with Gasteiger partial charge >= 0.3 is 0 Å². The lowest BCUT2D eigenvalue weighted by molar-refractivity contribution is 0.957. The van der Waals surface area contributed by atoms with Gasteiger partial charge in [0, 0.05) is 0 Å².